The second kappa shape index (κ2) is 3.24. The minimum Gasteiger partial charge on any atom is -0.403 e. The van der Waals surface area contributed by atoms with Crippen molar-refractivity contribution in [2.75, 3.05) is 0 Å². The zero-order valence-corrected chi connectivity index (χ0v) is 6.36. The van der Waals surface area contributed by atoms with Crippen LogP contribution in [0.25, 0.3) is 0 Å². The van der Waals surface area contributed by atoms with Crippen LogP contribution in [0.3, 0.4) is 0 Å². The molecular formula is C8H5F4O. The average molecular weight is 193 g/mol. The minimum absolute atomic E-state index is 0.251. The Morgan fingerprint density at radius 2 is 1.85 bits per heavy atom. The molecule has 0 aliphatic carbocycles. The SMILES string of the molecule is [CH2]c1ccc(F)c(OC(F)(F)F)c1. The Morgan fingerprint density at radius 3 is 2.38 bits per heavy atom. The molecule has 1 rings (SSSR count). The zero-order valence-electron chi connectivity index (χ0n) is 6.36. The van der Waals surface area contributed by atoms with E-state index in [0.29, 0.717) is 0 Å². The van der Waals surface area contributed by atoms with Crippen LogP contribution in [0.5, 0.6) is 5.75 Å². The van der Waals surface area contributed by atoms with Crippen molar-refractivity contribution in [3.63, 3.8) is 0 Å². The fraction of sp³-hybridized carbons (Fsp3) is 0.125. The van der Waals surface area contributed by atoms with E-state index in [9.17, 15) is 17.6 Å². The van der Waals surface area contributed by atoms with Crippen molar-refractivity contribution in [1.29, 1.82) is 0 Å². The molecule has 0 spiro atoms. The third-order valence-corrected chi connectivity index (χ3v) is 1.22. The molecule has 1 aromatic rings. The van der Waals surface area contributed by atoms with Crippen molar-refractivity contribution in [2.45, 2.75) is 6.36 Å². The molecule has 13 heavy (non-hydrogen) atoms. The molecule has 0 aromatic heterocycles. The average Bonchev–Trinajstić information content (AvgIpc) is 1.94. The summed E-state index contributed by atoms with van der Waals surface area (Å²) in [5, 5.41) is 0. The molecule has 0 N–H and O–H groups in total. The number of halogens is 4. The van der Waals surface area contributed by atoms with Crippen molar-refractivity contribution in [3.05, 3.63) is 36.5 Å². The van der Waals surface area contributed by atoms with E-state index < -0.39 is 17.9 Å². The largest absolute Gasteiger partial charge is 0.573 e. The molecule has 1 radical (unpaired) electrons. The van der Waals surface area contributed by atoms with Crippen molar-refractivity contribution in [3.8, 4) is 5.75 Å². The van der Waals surface area contributed by atoms with Crippen LogP contribution in [0.15, 0.2) is 18.2 Å². The van der Waals surface area contributed by atoms with E-state index in [-0.39, 0.29) is 5.56 Å². The van der Waals surface area contributed by atoms with Gasteiger partial charge in [0.15, 0.2) is 11.6 Å². The second-order valence-electron chi connectivity index (χ2n) is 2.31. The molecule has 5 heteroatoms. The molecule has 71 valence electrons. The van der Waals surface area contributed by atoms with E-state index in [4.69, 9.17) is 0 Å². The molecule has 0 bridgehead atoms. The van der Waals surface area contributed by atoms with Gasteiger partial charge in [-0.1, -0.05) is 6.07 Å². The Bertz CT molecular complexity index is 306. The van der Waals surface area contributed by atoms with Gasteiger partial charge in [0.1, 0.15) is 0 Å². The van der Waals surface area contributed by atoms with E-state index in [0.717, 1.165) is 12.1 Å². The predicted molar refractivity (Wildman–Crippen MR) is 37.5 cm³/mol. The minimum atomic E-state index is -4.88. The lowest BCUT2D eigenvalue weighted by Gasteiger charge is -2.09. The van der Waals surface area contributed by atoms with Gasteiger partial charge >= 0.3 is 6.36 Å². The Balaban J connectivity index is 2.94. The van der Waals surface area contributed by atoms with Crippen molar-refractivity contribution in [2.24, 2.45) is 0 Å². The summed E-state index contributed by atoms with van der Waals surface area (Å²) in [6, 6.07) is 2.99. The molecule has 0 atom stereocenters. The first-order valence-electron chi connectivity index (χ1n) is 3.26. The van der Waals surface area contributed by atoms with Gasteiger partial charge in [-0.2, -0.15) is 0 Å². The highest BCUT2D eigenvalue weighted by Crippen LogP contribution is 2.25. The summed E-state index contributed by atoms with van der Waals surface area (Å²) in [5.74, 6) is -1.93. The monoisotopic (exact) mass is 193 g/mol. The molecule has 1 aromatic carbocycles. The molecule has 0 amide bonds. The van der Waals surface area contributed by atoms with Gasteiger partial charge in [-0.3, -0.25) is 0 Å². The maximum Gasteiger partial charge on any atom is 0.573 e. The van der Waals surface area contributed by atoms with Crippen LogP contribution in [-0.4, -0.2) is 6.36 Å². The first kappa shape index (κ1) is 9.83. The van der Waals surface area contributed by atoms with E-state index in [1.165, 1.54) is 6.07 Å². The zero-order chi connectivity index (χ0) is 10.1. The van der Waals surface area contributed by atoms with E-state index in [1.807, 2.05) is 0 Å². The summed E-state index contributed by atoms with van der Waals surface area (Å²) in [5.41, 5.74) is 0.251. The number of hydrogen-bond acceptors (Lipinski definition) is 1. The van der Waals surface area contributed by atoms with Crippen LogP contribution < -0.4 is 4.74 Å². The van der Waals surface area contributed by atoms with Gasteiger partial charge in [-0.15, -0.1) is 13.2 Å². The topological polar surface area (TPSA) is 9.23 Å². The van der Waals surface area contributed by atoms with Crippen LogP contribution in [0.4, 0.5) is 17.6 Å². The normalized spacial score (nSPS) is 11.5. The molecule has 0 saturated carbocycles. The van der Waals surface area contributed by atoms with Crippen LogP contribution in [0, 0.1) is 12.7 Å². The first-order valence-corrected chi connectivity index (χ1v) is 3.26. The Kier molecular flexibility index (Phi) is 2.45. The fourth-order valence-corrected chi connectivity index (χ4v) is 0.751. The van der Waals surface area contributed by atoms with Gasteiger partial charge in [0.05, 0.1) is 0 Å². The number of rotatable bonds is 1. The van der Waals surface area contributed by atoms with Gasteiger partial charge in [0.25, 0.3) is 0 Å². The van der Waals surface area contributed by atoms with Crippen molar-refractivity contribution < 1.29 is 22.3 Å². The number of ether oxygens (including phenoxy) is 1. The summed E-state index contributed by atoms with van der Waals surface area (Å²) in [4.78, 5) is 0. The number of hydrogen-bond donors (Lipinski definition) is 0. The van der Waals surface area contributed by atoms with Crippen molar-refractivity contribution in [1.82, 2.24) is 0 Å². The molecule has 0 unspecified atom stereocenters. The lowest BCUT2D eigenvalue weighted by atomic mass is 10.2. The van der Waals surface area contributed by atoms with Crippen LogP contribution in [0.1, 0.15) is 5.56 Å². The summed E-state index contributed by atoms with van der Waals surface area (Å²) in [6.07, 6.45) is -4.88. The number of alkyl halides is 3. The number of benzene rings is 1. The molecule has 0 saturated heterocycles. The Morgan fingerprint density at radius 1 is 1.23 bits per heavy atom. The molecular weight excluding hydrogens is 188 g/mol. The first-order chi connectivity index (χ1) is 5.88. The molecule has 0 heterocycles. The molecule has 0 aliphatic rings. The predicted octanol–water partition coefficient (Wildman–Crippen LogP) is 2.91. The lowest BCUT2D eigenvalue weighted by Crippen LogP contribution is -2.17. The van der Waals surface area contributed by atoms with Gasteiger partial charge in [0, 0.05) is 0 Å². The fourth-order valence-electron chi connectivity index (χ4n) is 0.751. The van der Waals surface area contributed by atoms with Crippen LogP contribution in [-0.2, 0) is 0 Å². The third-order valence-electron chi connectivity index (χ3n) is 1.22. The van der Waals surface area contributed by atoms with Crippen LogP contribution >= 0.6 is 0 Å². The van der Waals surface area contributed by atoms with Gasteiger partial charge in [-0.25, -0.2) is 4.39 Å². The van der Waals surface area contributed by atoms with Gasteiger partial charge in [-0.05, 0) is 24.6 Å². The van der Waals surface area contributed by atoms with Crippen LogP contribution in [0.2, 0.25) is 0 Å². The quantitative estimate of drug-likeness (QED) is 0.623. The summed E-state index contributed by atoms with van der Waals surface area (Å²) < 4.78 is 51.0. The van der Waals surface area contributed by atoms with E-state index >= 15 is 0 Å². The highest BCUT2D eigenvalue weighted by Gasteiger charge is 2.32. The highest BCUT2D eigenvalue weighted by molar-refractivity contribution is 5.31. The molecule has 0 fully saturated rings. The summed E-state index contributed by atoms with van der Waals surface area (Å²) >= 11 is 0. The van der Waals surface area contributed by atoms with Gasteiger partial charge in [0.2, 0.25) is 0 Å². The highest BCUT2D eigenvalue weighted by atomic mass is 19.4. The summed E-state index contributed by atoms with van der Waals surface area (Å²) in [7, 11) is 0. The third kappa shape index (κ3) is 2.93. The van der Waals surface area contributed by atoms with E-state index in [1.54, 1.807) is 0 Å². The smallest absolute Gasteiger partial charge is 0.403 e. The summed E-state index contributed by atoms with van der Waals surface area (Å²) in [6.45, 7) is 3.34. The standard InChI is InChI=1S/C8H5F4O/c1-5-2-3-6(9)7(4-5)13-8(10,11)12/h2-4H,1H2. The maximum atomic E-state index is 12.6. The van der Waals surface area contributed by atoms with Gasteiger partial charge < -0.3 is 4.74 Å². The maximum absolute atomic E-state index is 12.6. The second-order valence-corrected chi connectivity index (χ2v) is 2.31. The molecule has 0 aliphatic heterocycles. The Hall–Kier alpha value is -1.26. The van der Waals surface area contributed by atoms with E-state index in [2.05, 4.69) is 11.7 Å². The molecule has 1 nitrogen and oxygen atoms in total. The van der Waals surface area contributed by atoms with Crippen molar-refractivity contribution >= 4 is 0 Å². The lowest BCUT2D eigenvalue weighted by molar-refractivity contribution is -0.275. The Labute approximate surface area is 71.9 Å².